The lowest BCUT2D eigenvalue weighted by molar-refractivity contribution is 0.0526. The van der Waals surface area contributed by atoms with Crippen LogP contribution in [0.1, 0.15) is 17.3 Å². The normalized spacial score (nSPS) is 11.5. The van der Waals surface area contributed by atoms with E-state index < -0.39 is 16.0 Å². The Labute approximate surface area is 171 Å². The maximum Gasteiger partial charge on any atom is 0.338 e. The van der Waals surface area contributed by atoms with Gasteiger partial charge in [-0.3, -0.25) is 9.12 Å². The van der Waals surface area contributed by atoms with Crippen molar-refractivity contribution in [3.8, 4) is 11.3 Å². The van der Waals surface area contributed by atoms with Crippen molar-refractivity contribution < 1.29 is 17.9 Å². The molecule has 148 valence electrons. The van der Waals surface area contributed by atoms with Gasteiger partial charge in [0.25, 0.3) is 10.0 Å². The van der Waals surface area contributed by atoms with Gasteiger partial charge in [0.2, 0.25) is 0 Å². The average Bonchev–Trinajstić information content (AvgIpc) is 3.31. The number of aromatic nitrogens is 2. The van der Waals surface area contributed by atoms with Crippen molar-refractivity contribution in [2.24, 2.45) is 0 Å². The zero-order valence-corrected chi connectivity index (χ0v) is 17.0. The predicted octanol–water partition coefficient (Wildman–Crippen LogP) is 4.04. The molecule has 0 unspecified atom stereocenters. The molecule has 2 aromatic heterocycles. The first-order chi connectivity index (χ1) is 14.0. The molecule has 0 spiro atoms. The molecule has 1 N–H and O–H groups in total. The van der Waals surface area contributed by atoms with Crippen LogP contribution in [0.25, 0.3) is 16.2 Å². The molecular formula is C20H17N3O4S2. The first-order valence-corrected chi connectivity index (χ1v) is 11.2. The monoisotopic (exact) mass is 427 g/mol. The molecule has 0 radical (unpaired) electrons. The first kappa shape index (κ1) is 19.2. The summed E-state index contributed by atoms with van der Waals surface area (Å²) in [5, 5.41) is 1.96. The molecule has 0 aliphatic rings. The number of ether oxygens (including phenoxy) is 1. The van der Waals surface area contributed by atoms with E-state index in [1.807, 2.05) is 34.3 Å². The van der Waals surface area contributed by atoms with Crippen LogP contribution >= 0.6 is 11.3 Å². The second kappa shape index (κ2) is 7.69. The molecule has 29 heavy (non-hydrogen) atoms. The van der Waals surface area contributed by atoms with Gasteiger partial charge in [0.1, 0.15) is 0 Å². The molecular weight excluding hydrogens is 410 g/mol. The average molecular weight is 428 g/mol. The van der Waals surface area contributed by atoms with E-state index in [0.29, 0.717) is 11.3 Å². The number of nitrogens with zero attached hydrogens (tertiary/aromatic N) is 2. The van der Waals surface area contributed by atoms with Gasteiger partial charge in [-0.2, -0.15) is 0 Å². The third kappa shape index (κ3) is 4.01. The van der Waals surface area contributed by atoms with Crippen LogP contribution in [-0.4, -0.2) is 30.4 Å². The van der Waals surface area contributed by atoms with Gasteiger partial charge in [-0.1, -0.05) is 12.1 Å². The first-order valence-electron chi connectivity index (χ1n) is 8.79. The highest BCUT2D eigenvalue weighted by molar-refractivity contribution is 7.92. The summed E-state index contributed by atoms with van der Waals surface area (Å²) in [6.45, 7) is 1.97. The molecule has 0 amide bonds. The fraction of sp³-hybridized carbons (Fsp3) is 0.100. The van der Waals surface area contributed by atoms with Gasteiger partial charge in [0, 0.05) is 29.0 Å². The van der Waals surface area contributed by atoms with Gasteiger partial charge in [-0.15, -0.1) is 11.3 Å². The Balaban J connectivity index is 1.50. The Bertz CT molecular complexity index is 1230. The van der Waals surface area contributed by atoms with E-state index in [1.165, 1.54) is 24.3 Å². The second-order valence-electron chi connectivity index (χ2n) is 6.15. The number of carbonyl (C=O) groups is 1. The van der Waals surface area contributed by atoms with Crippen molar-refractivity contribution in [2.75, 3.05) is 11.3 Å². The van der Waals surface area contributed by atoms with E-state index in [9.17, 15) is 13.2 Å². The van der Waals surface area contributed by atoms with Crippen molar-refractivity contribution in [3.63, 3.8) is 0 Å². The number of anilines is 1. The van der Waals surface area contributed by atoms with Crippen LogP contribution in [-0.2, 0) is 14.8 Å². The van der Waals surface area contributed by atoms with Gasteiger partial charge in [-0.25, -0.2) is 18.2 Å². The van der Waals surface area contributed by atoms with E-state index in [1.54, 1.807) is 30.4 Å². The third-order valence-electron chi connectivity index (χ3n) is 4.20. The van der Waals surface area contributed by atoms with Gasteiger partial charge in [-0.05, 0) is 43.3 Å². The SMILES string of the molecule is CCOC(=O)c1ccc(S(=O)(=O)Nc2ccc(-c3cn4ccsc4n3)cc2)cc1. The fourth-order valence-electron chi connectivity index (χ4n) is 2.77. The van der Waals surface area contributed by atoms with Crippen molar-refractivity contribution in [1.82, 2.24) is 9.38 Å². The zero-order chi connectivity index (χ0) is 20.4. The molecule has 0 aliphatic heterocycles. The molecule has 0 saturated heterocycles. The predicted molar refractivity (Wildman–Crippen MR) is 112 cm³/mol. The molecule has 2 heterocycles. The summed E-state index contributed by atoms with van der Waals surface area (Å²) in [5.74, 6) is -0.487. The van der Waals surface area contributed by atoms with E-state index in [-0.39, 0.29) is 11.5 Å². The number of rotatable bonds is 6. The summed E-state index contributed by atoms with van der Waals surface area (Å²) >= 11 is 1.55. The summed E-state index contributed by atoms with van der Waals surface area (Å²) in [7, 11) is -3.78. The fourth-order valence-corrected chi connectivity index (χ4v) is 4.53. The van der Waals surface area contributed by atoms with Crippen molar-refractivity contribution in [2.45, 2.75) is 11.8 Å². The number of nitrogens with one attached hydrogen (secondary N) is 1. The number of sulfonamides is 1. The van der Waals surface area contributed by atoms with Gasteiger partial charge >= 0.3 is 5.97 Å². The third-order valence-corrected chi connectivity index (χ3v) is 6.37. The van der Waals surface area contributed by atoms with Crippen LogP contribution < -0.4 is 4.72 Å². The Morgan fingerprint density at radius 3 is 2.52 bits per heavy atom. The highest BCUT2D eigenvalue weighted by Gasteiger charge is 2.16. The van der Waals surface area contributed by atoms with Crippen molar-refractivity contribution in [1.29, 1.82) is 0 Å². The molecule has 7 nitrogen and oxygen atoms in total. The summed E-state index contributed by atoms with van der Waals surface area (Å²) in [5.41, 5.74) is 2.45. The minimum Gasteiger partial charge on any atom is -0.462 e. The maximum atomic E-state index is 12.6. The van der Waals surface area contributed by atoms with Crippen LogP contribution in [0.15, 0.2) is 71.2 Å². The van der Waals surface area contributed by atoms with E-state index in [4.69, 9.17) is 4.74 Å². The molecule has 2 aromatic carbocycles. The molecule has 0 bridgehead atoms. The van der Waals surface area contributed by atoms with Crippen LogP contribution in [0.2, 0.25) is 0 Å². The summed E-state index contributed by atoms with van der Waals surface area (Å²) in [4.78, 5) is 17.2. The zero-order valence-electron chi connectivity index (χ0n) is 15.4. The topological polar surface area (TPSA) is 89.8 Å². The van der Waals surface area contributed by atoms with Crippen LogP contribution in [0.3, 0.4) is 0 Å². The summed E-state index contributed by atoms with van der Waals surface area (Å²) < 4.78 is 34.6. The number of benzene rings is 2. The Kier molecular flexibility index (Phi) is 5.08. The van der Waals surface area contributed by atoms with Gasteiger partial charge in [0.05, 0.1) is 22.8 Å². The van der Waals surface area contributed by atoms with Crippen LogP contribution in [0.5, 0.6) is 0 Å². The Morgan fingerprint density at radius 2 is 1.86 bits per heavy atom. The van der Waals surface area contributed by atoms with Crippen LogP contribution in [0, 0.1) is 0 Å². The quantitative estimate of drug-likeness (QED) is 0.469. The molecule has 9 heteroatoms. The van der Waals surface area contributed by atoms with Gasteiger partial charge < -0.3 is 4.74 Å². The van der Waals surface area contributed by atoms with E-state index in [2.05, 4.69) is 9.71 Å². The lowest BCUT2D eigenvalue weighted by Crippen LogP contribution is -2.13. The molecule has 4 rings (SSSR count). The number of carbonyl (C=O) groups excluding carboxylic acids is 1. The largest absolute Gasteiger partial charge is 0.462 e. The van der Waals surface area contributed by atoms with Crippen LogP contribution in [0.4, 0.5) is 5.69 Å². The molecule has 4 aromatic rings. The number of esters is 1. The van der Waals surface area contributed by atoms with E-state index in [0.717, 1.165) is 16.2 Å². The molecule has 0 fully saturated rings. The summed E-state index contributed by atoms with van der Waals surface area (Å²) in [6.07, 6.45) is 3.86. The number of imidazole rings is 1. The van der Waals surface area contributed by atoms with Gasteiger partial charge in [0.15, 0.2) is 4.96 Å². The smallest absolute Gasteiger partial charge is 0.338 e. The second-order valence-corrected chi connectivity index (χ2v) is 8.70. The minimum absolute atomic E-state index is 0.0592. The Morgan fingerprint density at radius 1 is 1.14 bits per heavy atom. The number of thiazole rings is 1. The van der Waals surface area contributed by atoms with Crippen molar-refractivity contribution in [3.05, 3.63) is 71.9 Å². The lowest BCUT2D eigenvalue weighted by atomic mass is 10.1. The standard InChI is InChI=1S/C20H17N3O4S2/c1-2-27-19(24)15-5-9-17(10-6-15)29(25,26)22-16-7-3-14(4-8-16)18-13-23-11-12-28-20(23)21-18/h3-13,22H,2H2,1H3. The van der Waals surface area contributed by atoms with E-state index >= 15 is 0 Å². The Hall–Kier alpha value is -3.17. The lowest BCUT2D eigenvalue weighted by Gasteiger charge is -2.09. The highest BCUT2D eigenvalue weighted by atomic mass is 32.2. The number of hydrogen-bond acceptors (Lipinski definition) is 6. The number of fused-ring (bicyclic) bond motifs is 1. The highest BCUT2D eigenvalue weighted by Crippen LogP contribution is 2.24. The minimum atomic E-state index is -3.78. The maximum absolute atomic E-state index is 12.6. The molecule has 0 atom stereocenters. The summed E-state index contributed by atoms with van der Waals surface area (Å²) in [6, 6.07) is 12.6. The molecule has 0 saturated carbocycles. The number of hydrogen-bond donors (Lipinski definition) is 1. The molecule has 0 aliphatic carbocycles. The van der Waals surface area contributed by atoms with Crippen molar-refractivity contribution >= 4 is 38.0 Å².